The van der Waals surface area contributed by atoms with Crippen molar-refractivity contribution in [1.29, 1.82) is 0 Å². The van der Waals surface area contributed by atoms with Gasteiger partial charge in [-0.3, -0.25) is 4.79 Å². The lowest BCUT2D eigenvalue weighted by Crippen LogP contribution is -2.63. The van der Waals surface area contributed by atoms with Gasteiger partial charge in [-0.1, -0.05) is 24.3 Å². The number of β-lactam (4-membered cyclic amide) rings is 1. The van der Waals surface area contributed by atoms with Gasteiger partial charge >= 0.3 is 12.1 Å². The van der Waals surface area contributed by atoms with E-state index in [2.05, 4.69) is 16.6 Å². The predicted octanol–water partition coefficient (Wildman–Crippen LogP) is 1.80. The van der Waals surface area contributed by atoms with E-state index in [9.17, 15) is 14.4 Å². The molecule has 2 rings (SSSR count). The Morgan fingerprint density at radius 1 is 1.35 bits per heavy atom. The van der Waals surface area contributed by atoms with E-state index in [4.69, 9.17) is 9.84 Å². The zero-order valence-corrected chi connectivity index (χ0v) is 12.3. The number of carboxylic acid groups (broad SMARTS) is 1. The van der Waals surface area contributed by atoms with Crippen LogP contribution in [-0.4, -0.2) is 36.0 Å². The Morgan fingerprint density at radius 2 is 2.04 bits per heavy atom. The van der Waals surface area contributed by atoms with Crippen LogP contribution >= 0.6 is 0 Å². The Hall–Kier alpha value is -2.83. The molecule has 1 aromatic carbocycles. The zero-order valence-electron chi connectivity index (χ0n) is 12.3. The number of esters is 1. The molecule has 1 amide bonds. The molecule has 1 aliphatic heterocycles. The summed E-state index contributed by atoms with van der Waals surface area (Å²) in [5.41, 5.74) is 0.370. The smallest absolute Gasteiger partial charge is 0.450 e. The van der Waals surface area contributed by atoms with Crippen LogP contribution < -0.4 is 5.32 Å². The highest BCUT2D eigenvalue weighted by Crippen LogP contribution is 2.29. The molecule has 2 N–H and O–H groups in total. The Kier molecular flexibility index (Phi) is 5.35. The van der Waals surface area contributed by atoms with Crippen LogP contribution in [0, 0.1) is 11.8 Å². The Morgan fingerprint density at radius 3 is 2.61 bits per heavy atom. The molecule has 1 aromatic rings. The molecule has 1 unspecified atom stereocenters. The summed E-state index contributed by atoms with van der Waals surface area (Å²) in [6.45, 7) is 3.42. The molecule has 0 bridgehead atoms. The second kappa shape index (κ2) is 7.44. The number of nitrogens with one attached hydrogen (secondary N) is 1. The number of ether oxygens (including phenoxy) is 2. The molecule has 122 valence electrons. The minimum atomic E-state index is -1.42. The van der Waals surface area contributed by atoms with Gasteiger partial charge in [0.05, 0.1) is 12.2 Å². The number of hydrogen-bond donors (Lipinski definition) is 2. The van der Waals surface area contributed by atoms with Crippen molar-refractivity contribution >= 4 is 18.0 Å². The van der Waals surface area contributed by atoms with Crippen molar-refractivity contribution in [3.8, 4) is 0 Å². The van der Waals surface area contributed by atoms with Crippen molar-refractivity contribution in [3.63, 3.8) is 0 Å². The molecule has 0 aromatic heterocycles. The van der Waals surface area contributed by atoms with E-state index < -0.39 is 30.2 Å². The highest BCUT2D eigenvalue weighted by atomic mass is 16.7. The number of allylic oxidation sites excluding steroid dienone is 1. The van der Waals surface area contributed by atoms with Gasteiger partial charge in [-0.25, -0.2) is 9.59 Å². The van der Waals surface area contributed by atoms with Crippen molar-refractivity contribution in [2.45, 2.75) is 12.6 Å². The van der Waals surface area contributed by atoms with E-state index in [1.165, 1.54) is 0 Å². The topological polar surface area (TPSA) is 102 Å². The molecule has 1 saturated heterocycles. The molecular weight excluding hydrogens is 302 g/mol. The first-order chi connectivity index (χ1) is 11.0. The molecule has 7 nitrogen and oxygen atoms in total. The van der Waals surface area contributed by atoms with Crippen LogP contribution in [0.2, 0.25) is 0 Å². The summed E-state index contributed by atoms with van der Waals surface area (Å²) in [5, 5.41) is 11.1. The van der Waals surface area contributed by atoms with E-state index in [0.717, 1.165) is 0 Å². The monoisotopic (exact) mass is 319 g/mol. The van der Waals surface area contributed by atoms with Gasteiger partial charge in [0.1, 0.15) is 5.92 Å². The summed E-state index contributed by atoms with van der Waals surface area (Å²) in [5.74, 6) is -1.97. The van der Waals surface area contributed by atoms with Gasteiger partial charge in [0.25, 0.3) is 0 Å². The average Bonchev–Trinajstić information content (AvgIpc) is 2.52. The standard InChI is InChI=1S/C16H17NO6/c1-2-6-11(9-22-16(20)21)12-13(18)17-14(12)23-15(19)10-7-4-3-5-8-10/h2-5,7-8,11-12,14H,1,6,9H2,(H,17,18)(H,20,21)/t11?,12-,14+/m0/s1. The van der Waals surface area contributed by atoms with E-state index in [-0.39, 0.29) is 12.5 Å². The SMILES string of the molecule is C=CCC(COC(=O)O)[C@H]1C(=O)N[C@@H]1OC(=O)c1ccccc1. The van der Waals surface area contributed by atoms with Crippen LogP contribution in [-0.2, 0) is 14.3 Å². The molecule has 1 aliphatic rings. The van der Waals surface area contributed by atoms with Gasteiger partial charge in [0, 0.05) is 5.92 Å². The van der Waals surface area contributed by atoms with Crippen molar-refractivity contribution in [3.05, 3.63) is 48.6 Å². The second-order valence-electron chi connectivity index (χ2n) is 5.09. The van der Waals surface area contributed by atoms with Gasteiger partial charge in [-0.15, -0.1) is 6.58 Å². The number of benzene rings is 1. The molecule has 3 atom stereocenters. The van der Waals surface area contributed by atoms with Crippen LogP contribution in [0.5, 0.6) is 0 Å². The lowest BCUT2D eigenvalue weighted by Gasteiger charge is -2.39. The first kappa shape index (κ1) is 16.5. The van der Waals surface area contributed by atoms with Gasteiger partial charge in [-0.05, 0) is 18.6 Å². The van der Waals surface area contributed by atoms with Crippen molar-refractivity contribution in [2.75, 3.05) is 6.61 Å². The van der Waals surface area contributed by atoms with E-state index in [1.807, 2.05) is 0 Å². The molecule has 7 heteroatoms. The fraction of sp³-hybridized carbons (Fsp3) is 0.312. The third-order valence-electron chi connectivity index (χ3n) is 3.56. The lowest BCUT2D eigenvalue weighted by molar-refractivity contribution is -0.153. The quantitative estimate of drug-likeness (QED) is 0.451. The van der Waals surface area contributed by atoms with E-state index in [1.54, 1.807) is 36.4 Å². The second-order valence-corrected chi connectivity index (χ2v) is 5.09. The third kappa shape index (κ3) is 4.09. The van der Waals surface area contributed by atoms with Crippen LogP contribution in [0.3, 0.4) is 0 Å². The third-order valence-corrected chi connectivity index (χ3v) is 3.56. The fourth-order valence-electron chi connectivity index (χ4n) is 2.40. The van der Waals surface area contributed by atoms with E-state index in [0.29, 0.717) is 12.0 Å². The minimum Gasteiger partial charge on any atom is -0.450 e. The highest BCUT2D eigenvalue weighted by Gasteiger charge is 2.47. The molecule has 0 radical (unpaired) electrons. The number of amides is 1. The van der Waals surface area contributed by atoms with Crippen molar-refractivity contribution in [1.82, 2.24) is 5.32 Å². The summed E-state index contributed by atoms with van der Waals surface area (Å²) in [6, 6.07) is 8.39. The first-order valence-electron chi connectivity index (χ1n) is 7.06. The summed E-state index contributed by atoms with van der Waals surface area (Å²) in [7, 11) is 0. The number of hydrogen-bond acceptors (Lipinski definition) is 5. The summed E-state index contributed by atoms with van der Waals surface area (Å²) in [6.07, 6.45) is -0.295. The molecule has 0 aliphatic carbocycles. The zero-order chi connectivity index (χ0) is 16.8. The van der Waals surface area contributed by atoms with Crippen LogP contribution in [0.15, 0.2) is 43.0 Å². The number of rotatable bonds is 7. The Balaban J connectivity index is 2.01. The minimum absolute atomic E-state index is 0.168. The molecule has 1 fully saturated rings. The maximum Gasteiger partial charge on any atom is 0.505 e. The molecule has 0 spiro atoms. The van der Waals surface area contributed by atoms with Crippen molar-refractivity contribution < 1.29 is 29.0 Å². The molecule has 1 heterocycles. The average molecular weight is 319 g/mol. The summed E-state index contributed by atoms with van der Waals surface area (Å²) in [4.78, 5) is 34.3. The number of carbonyl (C=O) groups excluding carboxylic acids is 2. The van der Waals surface area contributed by atoms with Gasteiger partial charge in [-0.2, -0.15) is 0 Å². The van der Waals surface area contributed by atoms with Crippen molar-refractivity contribution in [2.24, 2.45) is 11.8 Å². The summed E-state index contributed by atoms with van der Waals surface area (Å²) >= 11 is 0. The van der Waals surface area contributed by atoms with Crippen LogP contribution in [0.1, 0.15) is 16.8 Å². The maximum absolute atomic E-state index is 12.0. The predicted molar refractivity (Wildman–Crippen MR) is 79.6 cm³/mol. The number of carbonyl (C=O) groups is 3. The Bertz CT molecular complexity index is 600. The molecule has 0 saturated carbocycles. The van der Waals surface area contributed by atoms with Gasteiger partial charge in [0.2, 0.25) is 5.91 Å². The normalized spacial score (nSPS) is 20.6. The summed E-state index contributed by atoms with van der Waals surface area (Å²) < 4.78 is 9.83. The van der Waals surface area contributed by atoms with Crippen LogP contribution in [0.25, 0.3) is 0 Å². The molecule has 23 heavy (non-hydrogen) atoms. The highest BCUT2D eigenvalue weighted by molar-refractivity contribution is 5.91. The maximum atomic E-state index is 12.0. The van der Waals surface area contributed by atoms with E-state index >= 15 is 0 Å². The Labute approximate surface area is 132 Å². The van der Waals surface area contributed by atoms with Crippen LogP contribution in [0.4, 0.5) is 4.79 Å². The first-order valence-corrected chi connectivity index (χ1v) is 7.06. The largest absolute Gasteiger partial charge is 0.505 e. The molecular formula is C16H17NO6. The van der Waals surface area contributed by atoms with Gasteiger partial charge < -0.3 is 19.9 Å². The lowest BCUT2D eigenvalue weighted by atomic mass is 9.83. The fourth-order valence-corrected chi connectivity index (χ4v) is 2.40. The van der Waals surface area contributed by atoms with Gasteiger partial charge in [0.15, 0.2) is 6.23 Å².